The summed E-state index contributed by atoms with van der Waals surface area (Å²) in [4.78, 5) is 0.807. The molecule has 1 unspecified atom stereocenters. The van der Waals surface area contributed by atoms with Crippen LogP contribution >= 0.6 is 12.2 Å². The molecule has 2 aromatic rings. The summed E-state index contributed by atoms with van der Waals surface area (Å²) in [6, 6.07) is 20.3. The molecule has 0 spiro atoms. The van der Waals surface area contributed by atoms with Gasteiger partial charge in [0.1, 0.15) is 0 Å². The fraction of sp³-hybridized carbons (Fsp3) is 0.381. The number of hydrogen-bond donors (Lipinski definition) is 2. The zero-order valence-corrected chi connectivity index (χ0v) is 15.6. The van der Waals surface area contributed by atoms with Crippen LogP contribution in [0.3, 0.4) is 0 Å². The summed E-state index contributed by atoms with van der Waals surface area (Å²) in [7, 11) is 0. The Kier molecular flexibility index (Phi) is 6.14. The molecule has 2 nitrogen and oxygen atoms in total. The lowest BCUT2D eigenvalue weighted by Crippen LogP contribution is -2.49. The molecule has 0 fully saturated rings. The van der Waals surface area contributed by atoms with E-state index in [0.717, 1.165) is 17.0 Å². The lowest BCUT2D eigenvalue weighted by Gasteiger charge is -2.35. The lowest BCUT2D eigenvalue weighted by atomic mass is 9.84. The topological polar surface area (TPSA) is 32.3 Å². The van der Waals surface area contributed by atoms with Crippen molar-refractivity contribution in [2.45, 2.75) is 51.2 Å². The third-order valence-electron chi connectivity index (χ3n) is 3.94. The number of nitrogens with one attached hydrogen (secondary N) is 1. The molecule has 0 heterocycles. The molecule has 0 bridgehead atoms. The van der Waals surface area contributed by atoms with Gasteiger partial charge >= 0.3 is 0 Å². The Morgan fingerprint density at radius 1 is 0.917 bits per heavy atom. The van der Waals surface area contributed by atoms with E-state index in [1.54, 1.807) is 0 Å². The van der Waals surface area contributed by atoms with Gasteiger partial charge in [-0.15, -0.1) is 0 Å². The van der Waals surface area contributed by atoms with Crippen LogP contribution in [0.2, 0.25) is 0 Å². The van der Waals surface area contributed by atoms with Gasteiger partial charge in [-0.1, -0.05) is 72.9 Å². The van der Waals surface area contributed by atoms with Gasteiger partial charge in [0.05, 0.1) is 10.6 Å². The summed E-state index contributed by atoms with van der Waals surface area (Å²) >= 11 is 5.51. The van der Waals surface area contributed by atoms with E-state index in [2.05, 4.69) is 43.4 Å². The molecule has 3 heteroatoms. The molecule has 128 valence electrons. The zero-order chi connectivity index (χ0) is 17.6. The maximum atomic E-state index is 10.8. The first-order valence-electron chi connectivity index (χ1n) is 8.37. The first-order chi connectivity index (χ1) is 11.3. The molecule has 0 aliphatic carbocycles. The number of benzene rings is 2. The number of hydrogen-bond acceptors (Lipinski definition) is 2. The standard InChI is InChI=1S/C21H27NOS/c1-20(2,22-19(24)14-17-10-6-4-7-11-17)16-21(3,23)15-18-12-8-5-9-13-18/h4-13,23H,14-16H2,1-3H3,(H,22,24). The van der Waals surface area contributed by atoms with Crippen molar-refractivity contribution in [2.24, 2.45) is 0 Å². The molecule has 2 aromatic carbocycles. The second kappa shape index (κ2) is 7.91. The Morgan fingerprint density at radius 2 is 1.42 bits per heavy atom. The highest BCUT2D eigenvalue weighted by Gasteiger charge is 2.31. The number of aliphatic hydroxyl groups is 1. The van der Waals surface area contributed by atoms with Crippen LogP contribution in [0.25, 0.3) is 0 Å². The van der Waals surface area contributed by atoms with Crippen LogP contribution in [-0.4, -0.2) is 21.2 Å². The normalized spacial score (nSPS) is 14.0. The van der Waals surface area contributed by atoms with Gasteiger partial charge in [-0.3, -0.25) is 0 Å². The van der Waals surface area contributed by atoms with E-state index in [1.165, 1.54) is 5.56 Å². The van der Waals surface area contributed by atoms with Gasteiger partial charge < -0.3 is 10.4 Å². The van der Waals surface area contributed by atoms with Crippen molar-refractivity contribution in [3.63, 3.8) is 0 Å². The highest BCUT2D eigenvalue weighted by atomic mass is 32.1. The Morgan fingerprint density at radius 3 is 1.96 bits per heavy atom. The minimum Gasteiger partial charge on any atom is -0.390 e. The Bertz CT molecular complexity index is 650. The molecule has 0 amide bonds. The van der Waals surface area contributed by atoms with Gasteiger partial charge in [0.2, 0.25) is 0 Å². The number of rotatable bonds is 7. The Labute approximate surface area is 150 Å². The third kappa shape index (κ3) is 6.42. The zero-order valence-electron chi connectivity index (χ0n) is 14.8. The molecule has 0 aromatic heterocycles. The van der Waals surface area contributed by atoms with Crippen LogP contribution in [0, 0.1) is 0 Å². The van der Waals surface area contributed by atoms with E-state index in [4.69, 9.17) is 12.2 Å². The van der Waals surface area contributed by atoms with Crippen LogP contribution in [0.4, 0.5) is 0 Å². The van der Waals surface area contributed by atoms with Crippen LogP contribution in [0.5, 0.6) is 0 Å². The molecule has 0 aliphatic heterocycles. The maximum Gasteiger partial charge on any atom is 0.0801 e. The van der Waals surface area contributed by atoms with Crippen molar-refractivity contribution in [3.8, 4) is 0 Å². The van der Waals surface area contributed by atoms with Gasteiger partial charge in [0, 0.05) is 18.4 Å². The average molecular weight is 342 g/mol. The van der Waals surface area contributed by atoms with Gasteiger partial charge in [-0.2, -0.15) is 0 Å². The van der Waals surface area contributed by atoms with Crippen molar-refractivity contribution in [1.82, 2.24) is 5.32 Å². The summed E-state index contributed by atoms with van der Waals surface area (Å²) in [5, 5.41) is 14.2. The fourth-order valence-electron chi connectivity index (χ4n) is 3.30. The minimum atomic E-state index is -0.791. The SMILES string of the molecule is CC(O)(Cc1ccccc1)CC(C)(C)NC(=S)Cc1ccccc1. The smallest absolute Gasteiger partial charge is 0.0801 e. The second-order valence-electron chi connectivity index (χ2n) is 7.43. The first kappa shape index (κ1) is 18.6. The quantitative estimate of drug-likeness (QED) is 0.736. The Balaban J connectivity index is 1.92. The molecule has 2 rings (SSSR count). The predicted octanol–water partition coefficient (Wildman–Crippen LogP) is 4.31. The van der Waals surface area contributed by atoms with Gasteiger partial charge in [0.25, 0.3) is 0 Å². The van der Waals surface area contributed by atoms with E-state index >= 15 is 0 Å². The summed E-state index contributed by atoms with van der Waals surface area (Å²) in [6.45, 7) is 6.07. The van der Waals surface area contributed by atoms with Gasteiger partial charge in [-0.05, 0) is 38.3 Å². The average Bonchev–Trinajstić information content (AvgIpc) is 2.46. The molecule has 0 saturated heterocycles. The molecular weight excluding hydrogens is 314 g/mol. The van der Waals surface area contributed by atoms with Gasteiger partial charge in [0.15, 0.2) is 0 Å². The molecule has 0 saturated carbocycles. The van der Waals surface area contributed by atoms with Crippen molar-refractivity contribution >= 4 is 17.2 Å². The minimum absolute atomic E-state index is 0.274. The molecule has 1 atom stereocenters. The van der Waals surface area contributed by atoms with Crippen LogP contribution in [0.1, 0.15) is 38.3 Å². The summed E-state index contributed by atoms with van der Waals surface area (Å²) in [6.07, 6.45) is 1.97. The van der Waals surface area contributed by atoms with E-state index in [1.807, 2.05) is 43.3 Å². The molecule has 0 radical (unpaired) electrons. The summed E-state index contributed by atoms with van der Waals surface area (Å²) in [5.74, 6) is 0. The third-order valence-corrected chi connectivity index (χ3v) is 4.18. The number of thiocarbonyl (C=S) groups is 1. The van der Waals surface area contributed by atoms with E-state index in [9.17, 15) is 5.11 Å². The van der Waals surface area contributed by atoms with E-state index in [0.29, 0.717) is 12.8 Å². The predicted molar refractivity (Wildman–Crippen MR) is 105 cm³/mol. The van der Waals surface area contributed by atoms with Crippen molar-refractivity contribution in [2.75, 3.05) is 0 Å². The lowest BCUT2D eigenvalue weighted by molar-refractivity contribution is 0.0299. The van der Waals surface area contributed by atoms with Crippen LogP contribution in [0.15, 0.2) is 60.7 Å². The van der Waals surface area contributed by atoms with Crippen molar-refractivity contribution < 1.29 is 5.11 Å². The highest BCUT2D eigenvalue weighted by molar-refractivity contribution is 7.80. The molecule has 24 heavy (non-hydrogen) atoms. The Hall–Kier alpha value is -1.71. The van der Waals surface area contributed by atoms with Crippen LogP contribution in [-0.2, 0) is 12.8 Å². The fourth-order valence-corrected chi connectivity index (χ4v) is 3.74. The van der Waals surface area contributed by atoms with Crippen molar-refractivity contribution in [1.29, 1.82) is 0 Å². The monoisotopic (exact) mass is 341 g/mol. The molecular formula is C21H27NOS. The van der Waals surface area contributed by atoms with E-state index < -0.39 is 5.60 Å². The van der Waals surface area contributed by atoms with E-state index in [-0.39, 0.29) is 5.54 Å². The summed E-state index contributed by atoms with van der Waals surface area (Å²) in [5.41, 5.74) is 1.27. The highest BCUT2D eigenvalue weighted by Crippen LogP contribution is 2.24. The molecule has 2 N–H and O–H groups in total. The maximum absolute atomic E-state index is 10.8. The van der Waals surface area contributed by atoms with Gasteiger partial charge in [-0.25, -0.2) is 0 Å². The summed E-state index contributed by atoms with van der Waals surface area (Å²) < 4.78 is 0. The first-order valence-corrected chi connectivity index (χ1v) is 8.78. The van der Waals surface area contributed by atoms with Crippen molar-refractivity contribution in [3.05, 3.63) is 71.8 Å². The molecule has 0 aliphatic rings. The largest absolute Gasteiger partial charge is 0.390 e. The van der Waals surface area contributed by atoms with Crippen LogP contribution < -0.4 is 5.32 Å². The second-order valence-corrected chi connectivity index (χ2v) is 7.92.